The Morgan fingerprint density at radius 3 is 2.57 bits per heavy atom. The largest absolute Gasteiger partial charge is 0.383 e. The Morgan fingerprint density at radius 2 is 1.90 bits per heavy atom. The summed E-state index contributed by atoms with van der Waals surface area (Å²) in [6, 6.07) is 8.71. The lowest BCUT2D eigenvalue weighted by molar-refractivity contribution is -0.133. The van der Waals surface area contributed by atoms with Crippen LogP contribution in [0, 0.1) is 0 Å². The molecule has 1 aliphatic rings. The highest BCUT2D eigenvalue weighted by molar-refractivity contribution is 5.84. The van der Waals surface area contributed by atoms with Gasteiger partial charge in [-0.25, -0.2) is 0 Å². The van der Waals surface area contributed by atoms with E-state index in [-0.39, 0.29) is 18.0 Å². The molecule has 116 valence electrons. The number of para-hydroxylation sites is 2. The molecule has 0 saturated heterocycles. The van der Waals surface area contributed by atoms with Crippen LogP contribution in [0.4, 0.5) is 11.4 Å². The Kier molecular flexibility index (Phi) is 5.10. The predicted molar refractivity (Wildman–Crippen MR) is 88.9 cm³/mol. The van der Waals surface area contributed by atoms with Crippen LogP contribution in [-0.4, -0.2) is 42.5 Å². The second-order valence-electron chi connectivity index (χ2n) is 6.21. The highest BCUT2D eigenvalue weighted by atomic mass is 16.2. The number of hydrogen-bond acceptors (Lipinski definition) is 3. The van der Waals surface area contributed by atoms with Crippen LogP contribution in [0.2, 0.25) is 0 Å². The summed E-state index contributed by atoms with van der Waals surface area (Å²) in [6.07, 6.45) is 1.05. The summed E-state index contributed by atoms with van der Waals surface area (Å²) in [4.78, 5) is 16.9. The minimum Gasteiger partial charge on any atom is -0.383 e. The summed E-state index contributed by atoms with van der Waals surface area (Å²) < 4.78 is 0. The number of nitrogens with zero attached hydrogens (tertiary/aromatic N) is 2. The minimum atomic E-state index is 0.205. The third-order valence-electron chi connectivity index (χ3n) is 3.89. The van der Waals surface area contributed by atoms with Gasteiger partial charge in [0.25, 0.3) is 0 Å². The monoisotopic (exact) mass is 289 g/mol. The Hall–Kier alpha value is -1.71. The number of carbonyl (C=O) groups excluding carboxylic acids is 1. The normalized spacial score (nSPS) is 14.7. The molecule has 0 bridgehead atoms. The summed E-state index contributed by atoms with van der Waals surface area (Å²) in [5.74, 6) is 0.205. The zero-order chi connectivity index (χ0) is 15.4. The van der Waals surface area contributed by atoms with Crippen molar-refractivity contribution in [1.29, 1.82) is 0 Å². The van der Waals surface area contributed by atoms with E-state index in [9.17, 15) is 4.79 Å². The smallest absolute Gasteiger partial charge is 0.242 e. The van der Waals surface area contributed by atoms with Gasteiger partial charge in [0.15, 0.2) is 0 Å². The highest BCUT2D eigenvalue weighted by Gasteiger charge is 2.24. The summed E-state index contributed by atoms with van der Waals surface area (Å²) in [6.45, 7) is 10.6. The first-order chi connectivity index (χ1) is 10.0. The molecular weight excluding hydrogens is 262 g/mol. The molecule has 0 unspecified atom stereocenters. The first-order valence-corrected chi connectivity index (χ1v) is 7.89. The SMILES string of the molecule is CC(C)N(C(=O)CN1CCCNc2ccccc21)C(C)C. The van der Waals surface area contributed by atoms with Gasteiger partial charge in [-0.3, -0.25) is 4.79 Å². The quantitative estimate of drug-likeness (QED) is 0.925. The fourth-order valence-corrected chi connectivity index (χ4v) is 3.09. The van der Waals surface area contributed by atoms with E-state index in [0.717, 1.165) is 30.9 Å². The van der Waals surface area contributed by atoms with Crippen molar-refractivity contribution in [2.45, 2.75) is 46.2 Å². The van der Waals surface area contributed by atoms with Crippen LogP contribution in [0.5, 0.6) is 0 Å². The fraction of sp³-hybridized carbons (Fsp3) is 0.588. The van der Waals surface area contributed by atoms with E-state index in [1.807, 2.05) is 17.0 Å². The van der Waals surface area contributed by atoms with Crippen molar-refractivity contribution in [2.75, 3.05) is 29.9 Å². The number of benzene rings is 1. The average Bonchev–Trinajstić information content (AvgIpc) is 2.61. The van der Waals surface area contributed by atoms with Gasteiger partial charge in [0.05, 0.1) is 17.9 Å². The van der Waals surface area contributed by atoms with Crippen molar-refractivity contribution >= 4 is 17.3 Å². The van der Waals surface area contributed by atoms with Crippen LogP contribution >= 0.6 is 0 Å². The van der Waals surface area contributed by atoms with Crippen molar-refractivity contribution in [2.24, 2.45) is 0 Å². The first kappa shape index (κ1) is 15.7. The van der Waals surface area contributed by atoms with E-state index in [1.54, 1.807) is 0 Å². The van der Waals surface area contributed by atoms with Gasteiger partial charge < -0.3 is 15.1 Å². The molecule has 1 amide bonds. The molecule has 1 aliphatic heterocycles. The number of fused-ring (bicyclic) bond motifs is 1. The van der Waals surface area contributed by atoms with Gasteiger partial charge in [0.2, 0.25) is 5.91 Å². The zero-order valence-electron chi connectivity index (χ0n) is 13.6. The van der Waals surface area contributed by atoms with Crippen LogP contribution in [0.25, 0.3) is 0 Å². The molecular formula is C17H27N3O. The average molecular weight is 289 g/mol. The topological polar surface area (TPSA) is 35.6 Å². The van der Waals surface area contributed by atoms with E-state index >= 15 is 0 Å². The highest BCUT2D eigenvalue weighted by Crippen LogP contribution is 2.28. The van der Waals surface area contributed by atoms with Gasteiger partial charge in [0.1, 0.15) is 0 Å². The second kappa shape index (κ2) is 6.83. The molecule has 21 heavy (non-hydrogen) atoms. The predicted octanol–water partition coefficient (Wildman–Crippen LogP) is 2.95. The number of carbonyl (C=O) groups is 1. The minimum absolute atomic E-state index is 0.205. The third-order valence-corrected chi connectivity index (χ3v) is 3.89. The lowest BCUT2D eigenvalue weighted by Crippen LogP contribution is -2.47. The summed E-state index contributed by atoms with van der Waals surface area (Å²) in [5.41, 5.74) is 2.26. The maximum Gasteiger partial charge on any atom is 0.242 e. The molecule has 0 spiro atoms. The summed E-state index contributed by atoms with van der Waals surface area (Å²) >= 11 is 0. The molecule has 4 nitrogen and oxygen atoms in total. The van der Waals surface area contributed by atoms with Gasteiger partial charge in [-0.05, 0) is 46.2 Å². The van der Waals surface area contributed by atoms with E-state index in [0.29, 0.717) is 6.54 Å². The van der Waals surface area contributed by atoms with Crippen LogP contribution in [0.3, 0.4) is 0 Å². The van der Waals surface area contributed by atoms with Gasteiger partial charge in [-0.2, -0.15) is 0 Å². The lowest BCUT2D eigenvalue weighted by Gasteiger charge is -2.33. The van der Waals surface area contributed by atoms with Crippen LogP contribution in [0.1, 0.15) is 34.1 Å². The molecule has 0 aromatic heterocycles. The molecule has 4 heteroatoms. The van der Waals surface area contributed by atoms with E-state index < -0.39 is 0 Å². The molecule has 0 fully saturated rings. The van der Waals surface area contributed by atoms with Crippen LogP contribution < -0.4 is 10.2 Å². The Morgan fingerprint density at radius 1 is 1.24 bits per heavy atom. The Bertz CT molecular complexity index is 477. The fourth-order valence-electron chi connectivity index (χ4n) is 3.09. The molecule has 1 aromatic rings. The number of rotatable bonds is 4. The number of nitrogens with one attached hydrogen (secondary N) is 1. The van der Waals surface area contributed by atoms with E-state index in [1.165, 1.54) is 0 Å². The molecule has 1 N–H and O–H groups in total. The Balaban J connectivity index is 2.17. The standard InChI is InChI=1S/C17H27N3O/c1-13(2)20(14(3)4)17(21)12-19-11-7-10-18-15-8-5-6-9-16(15)19/h5-6,8-9,13-14,18H,7,10-12H2,1-4H3. The molecule has 0 aliphatic carbocycles. The molecule has 0 atom stereocenters. The molecule has 1 heterocycles. The molecule has 0 saturated carbocycles. The van der Waals surface area contributed by atoms with Gasteiger partial charge in [-0.1, -0.05) is 12.1 Å². The van der Waals surface area contributed by atoms with Gasteiger partial charge in [0, 0.05) is 25.2 Å². The van der Waals surface area contributed by atoms with Crippen molar-refractivity contribution in [3.63, 3.8) is 0 Å². The zero-order valence-corrected chi connectivity index (χ0v) is 13.6. The Labute approximate surface area is 128 Å². The van der Waals surface area contributed by atoms with E-state index in [2.05, 4.69) is 50.0 Å². The van der Waals surface area contributed by atoms with Gasteiger partial charge >= 0.3 is 0 Å². The van der Waals surface area contributed by atoms with Crippen molar-refractivity contribution < 1.29 is 4.79 Å². The lowest BCUT2D eigenvalue weighted by atomic mass is 10.2. The summed E-state index contributed by atoms with van der Waals surface area (Å²) in [5, 5.41) is 3.44. The number of anilines is 2. The number of amides is 1. The molecule has 0 radical (unpaired) electrons. The van der Waals surface area contributed by atoms with Crippen molar-refractivity contribution in [3.05, 3.63) is 24.3 Å². The van der Waals surface area contributed by atoms with Crippen LogP contribution in [-0.2, 0) is 4.79 Å². The first-order valence-electron chi connectivity index (χ1n) is 7.89. The number of hydrogen-bond donors (Lipinski definition) is 1. The third kappa shape index (κ3) is 3.69. The second-order valence-corrected chi connectivity index (χ2v) is 6.21. The molecule has 2 rings (SSSR count). The van der Waals surface area contributed by atoms with E-state index in [4.69, 9.17) is 0 Å². The summed E-state index contributed by atoms with van der Waals surface area (Å²) in [7, 11) is 0. The van der Waals surface area contributed by atoms with Crippen molar-refractivity contribution in [1.82, 2.24) is 4.90 Å². The maximum absolute atomic E-state index is 12.7. The van der Waals surface area contributed by atoms with Crippen molar-refractivity contribution in [3.8, 4) is 0 Å². The van der Waals surface area contributed by atoms with Crippen LogP contribution in [0.15, 0.2) is 24.3 Å². The van der Waals surface area contributed by atoms with Gasteiger partial charge in [-0.15, -0.1) is 0 Å². The molecule has 1 aromatic carbocycles. The maximum atomic E-state index is 12.7.